The third kappa shape index (κ3) is 2.57. The van der Waals surface area contributed by atoms with Crippen LogP contribution >= 0.6 is 0 Å². The maximum atomic E-state index is 13.9. The molecule has 0 aliphatic rings. The minimum absolute atomic E-state index is 0.0465. The summed E-state index contributed by atoms with van der Waals surface area (Å²) in [4.78, 5) is 3.97. The molecule has 0 aliphatic carbocycles. The summed E-state index contributed by atoms with van der Waals surface area (Å²) in [6.07, 6.45) is 3.45. The van der Waals surface area contributed by atoms with Gasteiger partial charge in [0, 0.05) is 29.9 Å². The Balaban J connectivity index is 2.28. The normalized spacial score (nSPS) is 14.2. The number of nitrogens with zero attached hydrogens (tertiary/aromatic N) is 1. The van der Waals surface area contributed by atoms with E-state index in [1.807, 2.05) is 32.0 Å². The van der Waals surface area contributed by atoms with Gasteiger partial charge in [0.1, 0.15) is 5.82 Å². The quantitative estimate of drug-likeness (QED) is 0.899. The highest BCUT2D eigenvalue weighted by molar-refractivity contribution is 5.29. The summed E-state index contributed by atoms with van der Waals surface area (Å²) >= 11 is 0. The molecule has 0 radical (unpaired) electrons. The number of hydrogen-bond donors (Lipinski definition) is 1. The van der Waals surface area contributed by atoms with E-state index in [1.54, 1.807) is 18.5 Å². The van der Waals surface area contributed by atoms with Crippen LogP contribution in [0.1, 0.15) is 35.6 Å². The Morgan fingerprint density at radius 1 is 1.17 bits per heavy atom. The topological polar surface area (TPSA) is 38.9 Å². The van der Waals surface area contributed by atoms with Gasteiger partial charge in [-0.05, 0) is 36.2 Å². The van der Waals surface area contributed by atoms with E-state index in [1.165, 1.54) is 6.07 Å². The standard InChI is InChI=1S/C15H17FN2/c1-10-3-4-13(14(16)9-10)15(17)11(2)12-5-7-18-8-6-12/h3-9,11,15H,17H2,1-2H3. The van der Waals surface area contributed by atoms with Crippen LogP contribution in [0.2, 0.25) is 0 Å². The molecule has 2 N–H and O–H groups in total. The molecule has 0 aliphatic heterocycles. The number of hydrogen-bond acceptors (Lipinski definition) is 2. The number of halogens is 1. The molecular formula is C15H17FN2. The first-order valence-electron chi connectivity index (χ1n) is 6.01. The van der Waals surface area contributed by atoms with Crippen molar-refractivity contribution in [2.45, 2.75) is 25.8 Å². The van der Waals surface area contributed by atoms with Crippen LogP contribution in [0.3, 0.4) is 0 Å². The Labute approximate surface area is 107 Å². The van der Waals surface area contributed by atoms with Crippen LogP contribution in [-0.2, 0) is 0 Å². The van der Waals surface area contributed by atoms with Gasteiger partial charge in [-0.15, -0.1) is 0 Å². The number of nitrogens with two attached hydrogens (primary N) is 1. The van der Waals surface area contributed by atoms with Crippen LogP contribution in [0.5, 0.6) is 0 Å². The van der Waals surface area contributed by atoms with Crippen LogP contribution in [0, 0.1) is 12.7 Å². The molecule has 94 valence electrons. The van der Waals surface area contributed by atoms with E-state index in [2.05, 4.69) is 4.98 Å². The molecule has 0 amide bonds. The van der Waals surface area contributed by atoms with Gasteiger partial charge in [0.05, 0.1) is 0 Å². The van der Waals surface area contributed by atoms with E-state index in [4.69, 9.17) is 5.73 Å². The maximum absolute atomic E-state index is 13.9. The van der Waals surface area contributed by atoms with E-state index >= 15 is 0 Å². The lowest BCUT2D eigenvalue weighted by atomic mass is 9.89. The second kappa shape index (κ2) is 5.27. The van der Waals surface area contributed by atoms with Crippen molar-refractivity contribution in [1.82, 2.24) is 4.98 Å². The Morgan fingerprint density at radius 2 is 1.83 bits per heavy atom. The molecule has 2 unspecified atom stereocenters. The number of pyridine rings is 1. The van der Waals surface area contributed by atoms with Crippen molar-refractivity contribution in [3.8, 4) is 0 Å². The zero-order valence-corrected chi connectivity index (χ0v) is 10.6. The molecule has 0 saturated carbocycles. The average Bonchev–Trinajstić information content (AvgIpc) is 2.38. The van der Waals surface area contributed by atoms with Gasteiger partial charge in [-0.1, -0.05) is 19.1 Å². The second-order valence-electron chi connectivity index (χ2n) is 4.62. The molecule has 3 heteroatoms. The van der Waals surface area contributed by atoms with Crippen LogP contribution in [0.4, 0.5) is 4.39 Å². The fourth-order valence-corrected chi connectivity index (χ4v) is 2.05. The Hall–Kier alpha value is -1.74. The molecule has 0 fully saturated rings. The number of rotatable bonds is 3. The molecule has 1 aromatic heterocycles. The largest absolute Gasteiger partial charge is 0.323 e. The Morgan fingerprint density at radius 3 is 2.44 bits per heavy atom. The van der Waals surface area contributed by atoms with E-state index in [0.717, 1.165) is 11.1 Å². The molecule has 18 heavy (non-hydrogen) atoms. The van der Waals surface area contributed by atoms with Gasteiger partial charge < -0.3 is 5.73 Å². The van der Waals surface area contributed by atoms with E-state index in [-0.39, 0.29) is 17.8 Å². The van der Waals surface area contributed by atoms with Crippen molar-refractivity contribution >= 4 is 0 Å². The van der Waals surface area contributed by atoms with Gasteiger partial charge in [0.25, 0.3) is 0 Å². The summed E-state index contributed by atoms with van der Waals surface area (Å²) in [7, 11) is 0. The molecule has 0 saturated heterocycles. The first kappa shape index (κ1) is 12.7. The lowest BCUT2D eigenvalue weighted by molar-refractivity contribution is 0.539. The van der Waals surface area contributed by atoms with Crippen molar-refractivity contribution < 1.29 is 4.39 Å². The Kier molecular flexibility index (Phi) is 3.72. The average molecular weight is 244 g/mol. The van der Waals surface area contributed by atoms with E-state index < -0.39 is 0 Å². The van der Waals surface area contributed by atoms with Crippen molar-refractivity contribution in [3.05, 3.63) is 65.2 Å². The summed E-state index contributed by atoms with van der Waals surface area (Å²) in [5.41, 5.74) is 8.69. The molecule has 2 atom stereocenters. The van der Waals surface area contributed by atoms with Gasteiger partial charge in [0.15, 0.2) is 0 Å². The zero-order valence-electron chi connectivity index (χ0n) is 10.6. The van der Waals surface area contributed by atoms with Crippen LogP contribution in [0.15, 0.2) is 42.7 Å². The lowest BCUT2D eigenvalue weighted by Gasteiger charge is -2.21. The minimum Gasteiger partial charge on any atom is -0.323 e. The molecule has 2 rings (SSSR count). The van der Waals surface area contributed by atoms with Gasteiger partial charge >= 0.3 is 0 Å². The first-order chi connectivity index (χ1) is 8.59. The highest BCUT2D eigenvalue weighted by atomic mass is 19.1. The summed E-state index contributed by atoms with van der Waals surface area (Å²) in [5.74, 6) is -0.186. The third-order valence-electron chi connectivity index (χ3n) is 3.29. The summed E-state index contributed by atoms with van der Waals surface area (Å²) < 4.78 is 13.9. The van der Waals surface area contributed by atoms with E-state index in [0.29, 0.717) is 5.56 Å². The monoisotopic (exact) mass is 244 g/mol. The Bertz CT molecular complexity index is 525. The van der Waals surface area contributed by atoms with Crippen molar-refractivity contribution in [2.75, 3.05) is 0 Å². The van der Waals surface area contributed by atoms with E-state index in [9.17, 15) is 4.39 Å². The van der Waals surface area contributed by atoms with Gasteiger partial charge in [-0.3, -0.25) is 4.98 Å². The minimum atomic E-state index is -0.354. The molecule has 0 bridgehead atoms. The lowest BCUT2D eigenvalue weighted by Crippen LogP contribution is -2.19. The molecule has 1 heterocycles. The van der Waals surface area contributed by atoms with Crippen LogP contribution in [-0.4, -0.2) is 4.98 Å². The van der Waals surface area contributed by atoms with Crippen LogP contribution < -0.4 is 5.73 Å². The summed E-state index contributed by atoms with van der Waals surface area (Å²) in [6, 6.07) is 8.65. The van der Waals surface area contributed by atoms with Crippen molar-refractivity contribution in [3.63, 3.8) is 0 Å². The van der Waals surface area contributed by atoms with Crippen molar-refractivity contribution in [1.29, 1.82) is 0 Å². The summed E-state index contributed by atoms with van der Waals surface area (Å²) in [5, 5.41) is 0. The molecular weight excluding hydrogens is 227 g/mol. The van der Waals surface area contributed by atoms with Gasteiger partial charge in [-0.25, -0.2) is 4.39 Å². The van der Waals surface area contributed by atoms with Crippen molar-refractivity contribution in [2.24, 2.45) is 5.73 Å². The summed E-state index contributed by atoms with van der Waals surface area (Å²) in [6.45, 7) is 3.87. The van der Waals surface area contributed by atoms with Crippen LogP contribution in [0.25, 0.3) is 0 Å². The highest BCUT2D eigenvalue weighted by Crippen LogP contribution is 2.29. The highest BCUT2D eigenvalue weighted by Gasteiger charge is 2.19. The smallest absolute Gasteiger partial charge is 0.128 e. The number of aryl methyl sites for hydroxylation is 1. The molecule has 2 aromatic rings. The predicted molar refractivity (Wildman–Crippen MR) is 70.7 cm³/mol. The zero-order chi connectivity index (χ0) is 13.1. The van der Waals surface area contributed by atoms with Gasteiger partial charge in [-0.2, -0.15) is 0 Å². The third-order valence-corrected chi connectivity index (χ3v) is 3.29. The number of benzene rings is 1. The second-order valence-corrected chi connectivity index (χ2v) is 4.62. The SMILES string of the molecule is Cc1ccc(C(N)C(C)c2ccncc2)c(F)c1. The first-order valence-corrected chi connectivity index (χ1v) is 6.01. The number of aromatic nitrogens is 1. The fourth-order valence-electron chi connectivity index (χ4n) is 2.05. The fraction of sp³-hybridized carbons (Fsp3) is 0.267. The maximum Gasteiger partial charge on any atom is 0.128 e. The molecule has 2 nitrogen and oxygen atoms in total. The molecule has 1 aromatic carbocycles. The van der Waals surface area contributed by atoms with Gasteiger partial charge in [0.2, 0.25) is 0 Å². The molecule has 0 spiro atoms. The predicted octanol–water partition coefficient (Wildman–Crippen LogP) is 3.33.